The van der Waals surface area contributed by atoms with Gasteiger partial charge in [-0.05, 0) is 46.7 Å². The smallest absolute Gasteiger partial charge is 0.243 e. The summed E-state index contributed by atoms with van der Waals surface area (Å²) in [6.07, 6.45) is 3.14. The fourth-order valence-electron chi connectivity index (χ4n) is 5.20. The first-order chi connectivity index (χ1) is 22.4. The Labute approximate surface area is 272 Å². The Morgan fingerprint density at radius 3 is 2.37 bits per heavy atom. The minimum atomic E-state index is -0.560. The SMILES string of the molecule is Cn1cnnc1SCC1CC(c2ccc(CO)cc2)OC(c2ccc(-c3cccc(CNC(=O)CCCCC(=O)NO)c3)cc2)O1. The average molecular weight is 646 g/mol. The summed E-state index contributed by atoms with van der Waals surface area (Å²) in [6.45, 7) is 0.396. The number of hydrogen-bond acceptors (Lipinski definition) is 9. The molecule has 5 rings (SSSR count). The van der Waals surface area contributed by atoms with Crippen molar-refractivity contribution in [2.24, 2.45) is 7.05 Å². The number of unbranched alkanes of at least 4 members (excludes halogenated alkanes) is 1. The summed E-state index contributed by atoms with van der Waals surface area (Å²) in [5.41, 5.74) is 7.43. The predicted octanol–water partition coefficient (Wildman–Crippen LogP) is 4.99. The summed E-state index contributed by atoms with van der Waals surface area (Å²) in [5.74, 6) is 0.165. The van der Waals surface area contributed by atoms with E-state index in [1.165, 1.54) is 0 Å². The van der Waals surface area contributed by atoms with Gasteiger partial charge in [0, 0.05) is 44.2 Å². The van der Waals surface area contributed by atoms with Gasteiger partial charge in [-0.1, -0.05) is 78.5 Å². The van der Waals surface area contributed by atoms with Gasteiger partial charge in [-0.2, -0.15) is 0 Å². The maximum absolute atomic E-state index is 12.3. The normalized spacial score (nSPS) is 17.8. The fraction of sp³-hybridized carbons (Fsp3) is 0.353. The summed E-state index contributed by atoms with van der Waals surface area (Å²) >= 11 is 1.60. The number of amides is 2. The molecule has 1 aliphatic rings. The summed E-state index contributed by atoms with van der Waals surface area (Å²) in [5, 5.41) is 30.0. The van der Waals surface area contributed by atoms with Crippen LogP contribution in [-0.4, -0.2) is 48.7 Å². The molecule has 46 heavy (non-hydrogen) atoms. The van der Waals surface area contributed by atoms with E-state index in [9.17, 15) is 14.7 Å². The van der Waals surface area contributed by atoms with Crippen molar-refractivity contribution in [1.82, 2.24) is 25.6 Å². The largest absolute Gasteiger partial charge is 0.392 e. The number of aliphatic hydroxyl groups is 1. The Kier molecular flexibility index (Phi) is 11.9. The first-order valence-electron chi connectivity index (χ1n) is 15.3. The molecule has 1 aromatic heterocycles. The van der Waals surface area contributed by atoms with E-state index in [1.807, 2.05) is 78.3 Å². The summed E-state index contributed by atoms with van der Waals surface area (Å²) in [6, 6.07) is 24.0. The van der Waals surface area contributed by atoms with E-state index in [-0.39, 0.29) is 31.1 Å². The minimum absolute atomic E-state index is 0.00650. The first-order valence-corrected chi connectivity index (χ1v) is 16.3. The van der Waals surface area contributed by atoms with Crippen molar-refractivity contribution >= 4 is 23.6 Å². The van der Waals surface area contributed by atoms with E-state index >= 15 is 0 Å². The van der Waals surface area contributed by atoms with Crippen LogP contribution in [0.15, 0.2) is 84.3 Å². The standard InChI is InChI=1S/C34H39N5O6S/c1-39-22-36-37-34(39)46-21-29-18-30(26-11-9-23(20-40)10-12-26)45-33(44-29)27-15-13-25(14-16-27)28-6-4-5-24(17-28)19-35-31(41)7-2-3-8-32(42)38-43/h4-6,9-17,22,29-30,33,40,43H,2-3,7-8,18-21H2,1H3,(H,35,41)(H,38,42). The van der Waals surface area contributed by atoms with E-state index < -0.39 is 12.2 Å². The summed E-state index contributed by atoms with van der Waals surface area (Å²) < 4.78 is 14.9. The van der Waals surface area contributed by atoms with Gasteiger partial charge in [-0.15, -0.1) is 10.2 Å². The molecule has 0 aliphatic carbocycles. The van der Waals surface area contributed by atoms with Gasteiger partial charge in [0.2, 0.25) is 11.8 Å². The molecule has 12 heteroatoms. The molecule has 0 spiro atoms. The fourth-order valence-corrected chi connectivity index (χ4v) is 6.11. The topological polar surface area (TPSA) is 148 Å². The molecule has 0 bridgehead atoms. The first kappa shape index (κ1) is 33.3. The number of benzene rings is 3. The van der Waals surface area contributed by atoms with Gasteiger partial charge >= 0.3 is 0 Å². The monoisotopic (exact) mass is 645 g/mol. The third-order valence-electron chi connectivity index (χ3n) is 7.80. The van der Waals surface area contributed by atoms with E-state index in [0.717, 1.165) is 38.5 Å². The molecule has 4 aromatic rings. The number of thioether (sulfide) groups is 1. The Bertz CT molecular complexity index is 1580. The molecule has 1 aliphatic heterocycles. The van der Waals surface area contributed by atoms with Crippen molar-refractivity contribution < 1.29 is 29.4 Å². The van der Waals surface area contributed by atoms with Gasteiger partial charge in [0.05, 0.1) is 18.8 Å². The van der Waals surface area contributed by atoms with E-state index in [4.69, 9.17) is 14.7 Å². The highest BCUT2D eigenvalue weighted by Crippen LogP contribution is 2.39. The van der Waals surface area contributed by atoms with Crippen LogP contribution in [0, 0.1) is 0 Å². The average Bonchev–Trinajstić information content (AvgIpc) is 3.52. The number of carbonyl (C=O) groups excluding carboxylic acids is 2. The van der Waals surface area contributed by atoms with Crippen LogP contribution in [0.5, 0.6) is 0 Å². The molecule has 3 unspecified atom stereocenters. The number of aryl methyl sites for hydroxylation is 1. The van der Waals surface area contributed by atoms with Crippen LogP contribution in [0.3, 0.4) is 0 Å². The number of carbonyl (C=O) groups is 2. The number of nitrogens with zero attached hydrogens (tertiary/aromatic N) is 3. The number of aliphatic hydroxyl groups excluding tert-OH is 1. The molecule has 11 nitrogen and oxygen atoms in total. The summed E-state index contributed by atoms with van der Waals surface area (Å²) in [7, 11) is 1.92. The van der Waals surface area contributed by atoms with Crippen LogP contribution in [0.2, 0.25) is 0 Å². The van der Waals surface area contributed by atoms with Crippen molar-refractivity contribution in [2.45, 2.75) is 68.9 Å². The number of aromatic nitrogens is 3. The lowest BCUT2D eigenvalue weighted by molar-refractivity contribution is -0.245. The molecule has 3 atom stereocenters. The lowest BCUT2D eigenvalue weighted by Crippen LogP contribution is -2.31. The molecule has 2 amide bonds. The zero-order chi connectivity index (χ0) is 32.3. The second-order valence-corrected chi connectivity index (χ2v) is 12.2. The number of ether oxygens (including phenoxy) is 2. The lowest BCUT2D eigenvalue weighted by atomic mass is 9.99. The highest BCUT2D eigenvalue weighted by Gasteiger charge is 2.32. The van der Waals surface area contributed by atoms with Gasteiger partial charge in [0.15, 0.2) is 11.4 Å². The maximum Gasteiger partial charge on any atom is 0.243 e. The third kappa shape index (κ3) is 9.24. The molecule has 1 saturated heterocycles. The highest BCUT2D eigenvalue weighted by atomic mass is 32.2. The van der Waals surface area contributed by atoms with Crippen LogP contribution in [-0.2, 0) is 39.3 Å². The molecule has 0 radical (unpaired) electrons. The number of rotatable bonds is 14. The van der Waals surface area contributed by atoms with Gasteiger partial charge in [0.25, 0.3) is 0 Å². The van der Waals surface area contributed by atoms with Gasteiger partial charge in [-0.25, -0.2) is 5.48 Å². The Morgan fingerprint density at radius 1 is 0.935 bits per heavy atom. The van der Waals surface area contributed by atoms with E-state index in [0.29, 0.717) is 38.0 Å². The Morgan fingerprint density at radius 2 is 1.67 bits per heavy atom. The second kappa shape index (κ2) is 16.5. The zero-order valence-corrected chi connectivity index (χ0v) is 26.5. The van der Waals surface area contributed by atoms with Crippen molar-refractivity contribution in [3.8, 4) is 11.1 Å². The quantitative estimate of drug-likeness (QED) is 0.0644. The van der Waals surface area contributed by atoms with Gasteiger partial charge in [0.1, 0.15) is 6.33 Å². The second-order valence-electron chi connectivity index (χ2n) is 11.2. The molecule has 4 N–H and O–H groups in total. The van der Waals surface area contributed by atoms with Crippen LogP contribution in [0.25, 0.3) is 11.1 Å². The molecule has 2 heterocycles. The van der Waals surface area contributed by atoms with Crippen LogP contribution >= 0.6 is 11.8 Å². The number of nitrogens with one attached hydrogen (secondary N) is 2. The molecular weight excluding hydrogens is 606 g/mol. The van der Waals surface area contributed by atoms with Crippen molar-refractivity contribution in [1.29, 1.82) is 0 Å². The molecule has 0 saturated carbocycles. The van der Waals surface area contributed by atoms with Gasteiger partial charge < -0.3 is 24.5 Å². The Balaban J connectivity index is 1.22. The summed E-state index contributed by atoms with van der Waals surface area (Å²) in [4.78, 5) is 23.3. The van der Waals surface area contributed by atoms with Gasteiger partial charge in [-0.3, -0.25) is 14.8 Å². The highest BCUT2D eigenvalue weighted by molar-refractivity contribution is 7.99. The molecular formula is C34H39N5O6S. The molecule has 242 valence electrons. The van der Waals surface area contributed by atoms with Crippen LogP contribution in [0.1, 0.15) is 66.8 Å². The Hall–Kier alpha value is -4.07. The van der Waals surface area contributed by atoms with Crippen molar-refractivity contribution in [3.63, 3.8) is 0 Å². The van der Waals surface area contributed by atoms with Crippen molar-refractivity contribution in [2.75, 3.05) is 5.75 Å². The van der Waals surface area contributed by atoms with Crippen LogP contribution in [0.4, 0.5) is 0 Å². The van der Waals surface area contributed by atoms with E-state index in [2.05, 4.69) is 21.6 Å². The van der Waals surface area contributed by atoms with Crippen molar-refractivity contribution in [3.05, 3.63) is 101 Å². The third-order valence-corrected chi connectivity index (χ3v) is 8.96. The van der Waals surface area contributed by atoms with Crippen LogP contribution < -0.4 is 10.8 Å². The maximum atomic E-state index is 12.3. The zero-order valence-electron chi connectivity index (χ0n) is 25.7. The lowest BCUT2D eigenvalue weighted by Gasteiger charge is -2.36. The molecule has 3 aromatic carbocycles. The predicted molar refractivity (Wildman–Crippen MR) is 172 cm³/mol. The number of hydroxylamine groups is 1. The van der Waals surface area contributed by atoms with E-state index in [1.54, 1.807) is 23.6 Å². The number of hydrogen-bond donors (Lipinski definition) is 4. The molecule has 1 fully saturated rings. The minimum Gasteiger partial charge on any atom is -0.392 e.